The minimum absolute atomic E-state index is 0.0401. The van der Waals surface area contributed by atoms with Crippen LogP contribution in [0.2, 0.25) is 0 Å². The molecular weight excluding hydrogens is 237 g/mol. The Morgan fingerprint density at radius 3 is 2.59 bits per heavy atom. The van der Waals surface area contributed by atoms with Gasteiger partial charge in [-0.15, -0.1) is 0 Å². The molecule has 0 saturated carbocycles. The lowest BCUT2D eigenvalue weighted by molar-refractivity contribution is -0.182. The number of rotatable bonds is 4. The minimum Gasteiger partial charge on any atom is -0.351 e. The van der Waals surface area contributed by atoms with Crippen LogP contribution in [0.1, 0.15) is 11.3 Å². The minimum atomic E-state index is -4.40. The van der Waals surface area contributed by atoms with Crippen molar-refractivity contribution in [3.8, 4) is 0 Å². The molecule has 0 bridgehead atoms. The molecule has 4 nitrogen and oxygen atoms in total. The van der Waals surface area contributed by atoms with Crippen LogP contribution in [0.4, 0.5) is 13.2 Å². The molecule has 0 unspecified atom stereocenters. The average molecular weight is 250 g/mol. The first-order chi connectivity index (χ1) is 7.85. The Kier molecular flexibility index (Phi) is 4.30. The number of hydrogen-bond donors (Lipinski definition) is 1. The van der Waals surface area contributed by atoms with Crippen LogP contribution >= 0.6 is 0 Å². The fourth-order valence-corrected chi connectivity index (χ4v) is 1.28. The van der Waals surface area contributed by atoms with Crippen LogP contribution < -0.4 is 11.3 Å². The van der Waals surface area contributed by atoms with E-state index in [1.54, 1.807) is 19.1 Å². The van der Waals surface area contributed by atoms with E-state index in [0.717, 1.165) is 4.57 Å². The second kappa shape index (κ2) is 5.33. The van der Waals surface area contributed by atoms with Crippen molar-refractivity contribution in [1.29, 1.82) is 0 Å². The Morgan fingerprint density at radius 2 is 2.06 bits per heavy atom. The van der Waals surface area contributed by atoms with Gasteiger partial charge in [0, 0.05) is 17.8 Å². The normalized spacial score (nSPS) is 11.8. The van der Waals surface area contributed by atoms with Gasteiger partial charge in [0.2, 0.25) is 0 Å². The van der Waals surface area contributed by atoms with Gasteiger partial charge in [0.05, 0.1) is 0 Å². The largest absolute Gasteiger partial charge is 0.411 e. The molecule has 1 heterocycles. The number of nitrogens with two attached hydrogens (primary N) is 1. The molecule has 2 N–H and O–H groups in total. The number of ether oxygens (including phenoxy) is 1. The maximum absolute atomic E-state index is 11.9. The summed E-state index contributed by atoms with van der Waals surface area (Å²) < 4.78 is 41.2. The van der Waals surface area contributed by atoms with E-state index in [4.69, 9.17) is 5.73 Å². The van der Waals surface area contributed by atoms with Crippen molar-refractivity contribution in [3.63, 3.8) is 0 Å². The van der Waals surface area contributed by atoms with Crippen molar-refractivity contribution in [1.82, 2.24) is 4.57 Å². The Labute approximate surface area is 95.8 Å². The molecule has 0 fully saturated rings. The number of aromatic nitrogens is 1. The molecule has 0 aliphatic heterocycles. The van der Waals surface area contributed by atoms with E-state index in [1.165, 1.54) is 0 Å². The summed E-state index contributed by atoms with van der Waals surface area (Å²) in [5.41, 5.74) is 5.77. The summed E-state index contributed by atoms with van der Waals surface area (Å²) in [6.07, 6.45) is -4.40. The first-order valence-electron chi connectivity index (χ1n) is 4.89. The van der Waals surface area contributed by atoms with Crippen LogP contribution in [-0.4, -0.2) is 17.4 Å². The van der Waals surface area contributed by atoms with Gasteiger partial charge in [0.25, 0.3) is 5.56 Å². The van der Waals surface area contributed by atoms with E-state index in [9.17, 15) is 18.0 Å². The van der Waals surface area contributed by atoms with Crippen molar-refractivity contribution in [2.75, 3.05) is 6.61 Å². The number of hydrogen-bond acceptors (Lipinski definition) is 3. The van der Waals surface area contributed by atoms with Crippen LogP contribution in [0.15, 0.2) is 16.9 Å². The van der Waals surface area contributed by atoms with Gasteiger partial charge >= 0.3 is 6.18 Å². The van der Waals surface area contributed by atoms with Crippen LogP contribution in [0, 0.1) is 6.92 Å². The van der Waals surface area contributed by atoms with E-state index in [2.05, 4.69) is 4.74 Å². The number of halogens is 3. The van der Waals surface area contributed by atoms with Gasteiger partial charge in [-0.25, -0.2) is 0 Å². The van der Waals surface area contributed by atoms with Gasteiger partial charge in [-0.2, -0.15) is 13.2 Å². The number of nitrogens with zero attached hydrogens (tertiary/aromatic N) is 1. The SMILES string of the molecule is Cc1ccc(CN)c(=O)n1COCC(F)(F)F. The van der Waals surface area contributed by atoms with E-state index in [-0.39, 0.29) is 6.54 Å². The Bertz CT molecular complexity index is 440. The van der Waals surface area contributed by atoms with Crippen molar-refractivity contribution in [2.24, 2.45) is 5.73 Å². The second-order valence-corrected chi connectivity index (χ2v) is 3.53. The average Bonchev–Trinajstić information content (AvgIpc) is 2.21. The number of alkyl halides is 3. The molecule has 7 heteroatoms. The van der Waals surface area contributed by atoms with Crippen molar-refractivity contribution < 1.29 is 17.9 Å². The lowest BCUT2D eigenvalue weighted by atomic mass is 10.2. The zero-order valence-corrected chi connectivity index (χ0v) is 9.25. The summed E-state index contributed by atoms with van der Waals surface area (Å²) >= 11 is 0. The Balaban J connectivity index is 2.80. The van der Waals surface area contributed by atoms with Gasteiger partial charge < -0.3 is 10.5 Å². The third-order valence-electron chi connectivity index (χ3n) is 2.18. The molecule has 1 aromatic heterocycles. The Morgan fingerprint density at radius 1 is 1.41 bits per heavy atom. The molecule has 1 rings (SSSR count). The lowest BCUT2D eigenvalue weighted by Gasteiger charge is -2.13. The number of pyridine rings is 1. The maximum Gasteiger partial charge on any atom is 0.411 e. The summed E-state index contributed by atoms with van der Waals surface area (Å²) in [6, 6.07) is 3.17. The van der Waals surface area contributed by atoms with E-state index in [0.29, 0.717) is 11.3 Å². The summed E-state index contributed by atoms with van der Waals surface area (Å²) in [7, 11) is 0. The summed E-state index contributed by atoms with van der Waals surface area (Å²) in [4.78, 5) is 11.7. The monoisotopic (exact) mass is 250 g/mol. The molecule has 0 aliphatic rings. The summed E-state index contributed by atoms with van der Waals surface area (Å²) in [6.45, 7) is -0.166. The van der Waals surface area contributed by atoms with Gasteiger partial charge in [-0.05, 0) is 13.0 Å². The van der Waals surface area contributed by atoms with Crippen LogP contribution in [0.25, 0.3) is 0 Å². The predicted molar refractivity (Wildman–Crippen MR) is 55.3 cm³/mol. The molecule has 0 aliphatic carbocycles. The molecular formula is C10H13F3N2O2. The fraction of sp³-hybridized carbons (Fsp3) is 0.500. The van der Waals surface area contributed by atoms with Crippen molar-refractivity contribution in [3.05, 3.63) is 33.7 Å². The first kappa shape index (κ1) is 13.7. The highest BCUT2D eigenvalue weighted by Crippen LogP contribution is 2.14. The molecule has 0 amide bonds. The van der Waals surface area contributed by atoms with Crippen LogP contribution in [0.5, 0.6) is 0 Å². The summed E-state index contributed by atoms with van der Waals surface area (Å²) in [5, 5.41) is 0. The van der Waals surface area contributed by atoms with Gasteiger partial charge in [-0.3, -0.25) is 9.36 Å². The topological polar surface area (TPSA) is 57.2 Å². The smallest absolute Gasteiger partial charge is 0.351 e. The molecule has 0 atom stereocenters. The highest BCUT2D eigenvalue weighted by Gasteiger charge is 2.27. The van der Waals surface area contributed by atoms with Crippen LogP contribution in [0.3, 0.4) is 0 Å². The van der Waals surface area contributed by atoms with Crippen LogP contribution in [-0.2, 0) is 18.0 Å². The van der Waals surface area contributed by atoms with Gasteiger partial charge in [0.15, 0.2) is 0 Å². The standard InChI is InChI=1S/C10H13F3N2O2/c1-7-2-3-8(4-14)9(16)15(7)6-17-5-10(11,12)13/h2-3H,4-6,14H2,1H3. The zero-order chi connectivity index (χ0) is 13.1. The summed E-state index contributed by atoms with van der Waals surface area (Å²) in [5.74, 6) is 0. The third-order valence-corrected chi connectivity index (χ3v) is 2.18. The van der Waals surface area contributed by atoms with Crippen molar-refractivity contribution in [2.45, 2.75) is 26.4 Å². The second-order valence-electron chi connectivity index (χ2n) is 3.53. The van der Waals surface area contributed by atoms with E-state index >= 15 is 0 Å². The molecule has 0 radical (unpaired) electrons. The third kappa shape index (κ3) is 3.86. The molecule has 17 heavy (non-hydrogen) atoms. The molecule has 0 saturated heterocycles. The quantitative estimate of drug-likeness (QED) is 0.872. The maximum atomic E-state index is 11.9. The molecule has 0 spiro atoms. The molecule has 1 aromatic rings. The number of aryl methyl sites for hydroxylation is 1. The Hall–Kier alpha value is -1.34. The highest BCUT2D eigenvalue weighted by atomic mass is 19.4. The fourth-order valence-electron chi connectivity index (χ4n) is 1.28. The molecule has 0 aromatic carbocycles. The predicted octanol–water partition coefficient (Wildman–Crippen LogP) is 1.15. The lowest BCUT2D eigenvalue weighted by Crippen LogP contribution is -2.29. The zero-order valence-electron chi connectivity index (χ0n) is 9.25. The first-order valence-corrected chi connectivity index (χ1v) is 4.89. The van der Waals surface area contributed by atoms with E-state index in [1.807, 2.05) is 0 Å². The van der Waals surface area contributed by atoms with Crippen molar-refractivity contribution >= 4 is 0 Å². The van der Waals surface area contributed by atoms with Gasteiger partial charge in [-0.1, -0.05) is 6.07 Å². The van der Waals surface area contributed by atoms with Gasteiger partial charge in [0.1, 0.15) is 13.3 Å². The molecule has 96 valence electrons. The van der Waals surface area contributed by atoms with E-state index < -0.39 is 25.1 Å². The highest BCUT2D eigenvalue weighted by molar-refractivity contribution is 5.14.